The molecular formula is C16H26N4O3. The maximum Gasteiger partial charge on any atom is 0.313 e. The van der Waals surface area contributed by atoms with Crippen LogP contribution in [0.1, 0.15) is 38.1 Å². The van der Waals surface area contributed by atoms with Crippen LogP contribution in [0.15, 0.2) is 4.52 Å². The number of aryl methyl sites for hydroxylation is 2. The van der Waals surface area contributed by atoms with Crippen LogP contribution in [-0.4, -0.2) is 47.5 Å². The summed E-state index contributed by atoms with van der Waals surface area (Å²) in [6.07, 6.45) is 2.40. The molecule has 7 nitrogen and oxygen atoms in total. The summed E-state index contributed by atoms with van der Waals surface area (Å²) in [5.41, 5.74) is 1.02. The molecule has 23 heavy (non-hydrogen) atoms. The molecule has 7 heteroatoms. The molecule has 0 aliphatic carbocycles. The van der Waals surface area contributed by atoms with Gasteiger partial charge in [0.25, 0.3) is 0 Å². The van der Waals surface area contributed by atoms with Gasteiger partial charge in [0.1, 0.15) is 11.4 Å². The fourth-order valence-electron chi connectivity index (χ4n) is 2.97. The number of hydrogen-bond acceptors (Lipinski definition) is 5. The molecule has 1 aliphatic heterocycles. The number of likely N-dealkylation sites (tertiary alicyclic amines) is 1. The first-order valence-electron chi connectivity index (χ1n) is 8.16. The molecular weight excluding hydrogens is 296 g/mol. The first kappa shape index (κ1) is 17.5. The van der Waals surface area contributed by atoms with Crippen molar-refractivity contribution in [1.29, 1.82) is 0 Å². The predicted octanol–water partition coefficient (Wildman–Crippen LogP) is 1.47. The van der Waals surface area contributed by atoms with E-state index in [2.05, 4.69) is 34.5 Å². The third-order valence-electron chi connectivity index (χ3n) is 4.33. The van der Waals surface area contributed by atoms with Crippen molar-refractivity contribution in [2.24, 2.45) is 5.92 Å². The van der Waals surface area contributed by atoms with Crippen molar-refractivity contribution in [2.75, 3.05) is 25.0 Å². The summed E-state index contributed by atoms with van der Waals surface area (Å²) in [5.74, 6) is -0.419. The van der Waals surface area contributed by atoms with E-state index >= 15 is 0 Å². The van der Waals surface area contributed by atoms with Gasteiger partial charge in [0, 0.05) is 12.6 Å². The normalized spacial score (nSPS) is 16.6. The Bertz CT molecular complexity index is 542. The van der Waals surface area contributed by atoms with E-state index in [1.54, 1.807) is 13.8 Å². The standard InChI is InChI=1S/C16H26N4O3/c1-10(2)13(20-7-5-6-8-20)9-17-15(21)16(22)18-14-11(3)19-23-12(14)4/h10,13H,5-9H2,1-4H3,(H,17,21)(H,18,22). The minimum Gasteiger partial charge on any atom is -0.359 e. The molecule has 1 fully saturated rings. The Kier molecular flexibility index (Phi) is 5.76. The number of anilines is 1. The zero-order valence-corrected chi connectivity index (χ0v) is 14.3. The van der Waals surface area contributed by atoms with Crippen LogP contribution in [0.25, 0.3) is 0 Å². The summed E-state index contributed by atoms with van der Waals surface area (Å²) in [7, 11) is 0. The number of carbonyl (C=O) groups excluding carboxylic acids is 2. The molecule has 0 saturated carbocycles. The predicted molar refractivity (Wildman–Crippen MR) is 87.0 cm³/mol. The van der Waals surface area contributed by atoms with Gasteiger partial charge in [-0.2, -0.15) is 0 Å². The second-order valence-corrected chi connectivity index (χ2v) is 6.42. The van der Waals surface area contributed by atoms with Gasteiger partial charge >= 0.3 is 11.8 Å². The number of carbonyl (C=O) groups is 2. The van der Waals surface area contributed by atoms with Crippen molar-refractivity contribution in [2.45, 2.75) is 46.6 Å². The summed E-state index contributed by atoms with van der Waals surface area (Å²) in [5, 5.41) is 9.06. The molecule has 0 radical (unpaired) electrons. The van der Waals surface area contributed by atoms with Crippen LogP contribution in [0.5, 0.6) is 0 Å². The van der Waals surface area contributed by atoms with Gasteiger partial charge in [0.05, 0.1) is 0 Å². The van der Waals surface area contributed by atoms with Gasteiger partial charge in [-0.15, -0.1) is 0 Å². The van der Waals surface area contributed by atoms with Gasteiger partial charge in [-0.25, -0.2) is 0 Å². The second kappa shape index (κ2) is 7.59. The molecule has 0 spiro atoms. The molecule has 2 N–H and O–H groups in total. The molecule has 1 atom stereocenters. The largest absolute Gasteiger partial charge is 0.359 e. The van der Waals surface area contributed by atoms with E-state index in [4.69, 9.17) is 4.52 Å². The highest BCUT2D eigenvalue weighted by Crippen LogP contribution is 2.19. The van der Waals surface area contributed by atoms with E-state index in [1.165, 1.54) is 12.8 Å². The maximum absolute atomic E-state index is 12.0. The van der Waals surface area contributed by atoms with Crippen LogP contribution in [-0.2, 0) is 9.59 Å². The highest BCUT2D eigenvalue weighted by molar-refractivity contribution is 6.39. The van der Waals surface area contributed by atoms with E-state index in [0.717, 1.165) is 13.1 Å². The molecule has 1 aromatic rings. The minimum atomic E-state index is -0.691. The van der Waals surface area contributed by atoms with Gasteiger partial charge in [0.15, 0.2) is 5.76 Å². The Labute approximate surface area is 136 Å². The summed E-state index contributed by atoms with van der Waals surface area (Å²) in [6.45, 7) is 10.3. The minimum absolute atomic E-state index is 0.258. The summed E-state index contributed by atoms with van der Waals surface area (Å²) < 4.78 is 4.97. The quantitative estimate of drug-likeness (QED) is 0.802. The number of aromatic nitrogens is 1. The van der Waals surface area contributed by atoms with Crippen LogP contribution in [0.4, 0.5) is 5.69 Å². The van der Waals surface area contributed by atoms with Crippen molar-refractivity contribution in [3.05, 3.63) is 11.5 Å². The van der Waals surface area contributed by atoms with E-state index in [-0.39, 0.29) is 6.04 Å². The van der Waals surface area contributed by atoms with Crippen molar-refractivity contribution in [1.82, 2.24) is 15.4 Å². The molecule has 0 aromatic carbocycles. The van der Waals surface area contributed by atoms with E-state index in [9.17, 15) is 9.59 Å². The van der Waals surface area contributed by atoms with Gasteiger partial charge < -0.3 is 15.2 Å². The second-order valence-electron chi connectivity index (χ2n) is 6.42. The highest BCUT2D eigenvalue weighted by Gasteiger charge is 2.26. The monoisotopic (exact) mass is 322 g/mol. The third kappa shape index (κ3) is 4.31. The maximum atomic E-state index is 12.0. The Morgan fingerprint density at radius 3 is 2.39 bits per heavy atom. The lowest BCUT2D eigenvalue weighted by Gasteiger charge is -2.30. The number of rotatable bonds is 5. The molecule has 2 amide bonds. The Balaban J connectivity index is 1.89. The topological polar surface area (TPSA) is 87.5 Å². The van der Waals surface area contributed by atoms with E-state index < -0.39 is 11.8 Å². The van der Waals surface area contributed by atoms with Crippen molar-refractivity contribution >= 4 is 17.5 Å². The molecule has 1 aromatic heterocycles. The summed E-state index contributed by atoms with van der Waals surface area (Å²) in [6, 6.07) is 0.258. The van der Waals surface area contributed by atoms with Crippen LogP contribution in [0, 0.1) is 19.8 Å². The fraction of sp³-hybridized carbons (Fsp3) is 0.688. The van der Waals surface area contributed by atoms with Crippen LogP contribution < -0.4 is 10.6 Å². The molecule has 2 heterocycles. The Hall–Kier alpha value is -1.89. The van der Waals surface area contributed by atoms with Crippen molar-refractivity contribution < 1.29 is 14.1 Å². The van der Waals surface area contributed by atoms with Crippen LogP contribution in [0.2, 0.25) is 0 Å². The lowest BCUT2D eigenvalue weighted by molar-refractivity contribution is -0.136. The zero-order chi connectivity index (χ0) is 17.0. The van der Waals surface area contributed by atoms with E-state index in [0.29, 0.717) is 29.6 Å². The molecule has 0 bridgehead atoms. The lowest BCUT2D eigenvalue weighted by Crippen LogP contribution is -2.47. The number of amides is 2. The lowest BCUT2D eigenvalue weighted by atomic mass is 10.0. The zero-order valence-electron chi connectivity index (χ0n) is 14.3. The SMILES string of the molecule is Cc1noc(C)c1NC(=O)C(=O)NCC(C(C)C)N1CCCC1. The van der Waals surface area contributed by atoms with Crippen LogP contribution in [0.3, 0.4) is 0 Å². The highest BCUT2D eigenvalue weighted by atomic mass is 16.5. The molecule has 1 unspecified atom stereocenters. The average molecular weight is 322 g/mol. The molecule has 1 aliphatic rings. The van der Waals surface area contributed by atoms with Gasteiger partial charge in [-0.1, -0.05) is 19.0 Å². The molecule has 2 rings (SSSR count). The van der Waals surface area contributed by atoms with E-state index in [1.807, 2.05) is 0 Å². The number of hydrogen-bond donors (Lipinski definition) is 2. The first-order chi connectivity index (χ1) is 10.9. The smallest absolute Gasteiger partial charge is 0.313 e. The Morgan fingerprint density at radius 2 is 1.87 bits per heavy atom. The Morgan fingerprint density at radius 1 is 1.22 bits per heavy atom. The summed E-state index contributed by atoms with van der Waals surface area (Å²) >= 11 is 0. The molecule has 1 saturated heterocycles. The number of nitrogens with one attached hydrogen (secondary N) is 2. The summed E-state index contributed by atoms with van der Waals surface area (Å²) in [4.78, 5) is 26.4. The van der Waals surface area contributed by atoms with Crippen molar-refractivity contribution in [3.8, 4) is 0 Å². The van der Waals surface area contributed by atoms with Gasteiger partial charge in [-0.3, -0.25) is 14.5 Å². The fourth-order valence-corrected chi connectivity index (χ4v) is 2.97. The van der Waals surface area contributed by atoms with Crippen LogP contribution >= 0.6 is 0 Å². The van der Waals surface area contributed by atoms with Gasteiger partial charge in [0.2, 0.25) is 0 Å². The third-order valence-corrected chi connectivity index (χ3v) is 4.33. The number of nitrogens with zero attached hydrogens (tertiary/aromatic N) is 2. The average Bonchev–Trinajstić information content (AvgIpc) is 3.12. The van der Waals surface area contributed by atoms with Gasteiger partial charge in [-0.05, 0) is 45.7 Å². The molecule has 128 valence electrons. The van der Waals surface area contributed by atoms with Crippen molar-refractivity contribution in [3.63, 3.8) is 0 Å². The first-order valence-corrected chi connectivity index (χ1v) is 8.16.